The maximum atomic E-state index is 14.2. The molecule has 1 heterocycles. The van der Waals surface area contributed by atoms with Gasteiger partial charge in [-0.15, -0.1) is 0 Å². The standard InChI is InChI=1S/C15H14ClFN2/c1-8-5-9(2)14(11(17)6-8)12-7-13(16)19-15(18-12)10-3-4-10/h5-7,10H,3-4H2,1-2H3. The first-order valence-corrected chi connectivity index (χ1v) is 6.74. The van der Waals surface area contributed by atoms with Crippen LogP contribution >= 0.6 is 11.6 Å². The Kier molecular flexibility index (Phi) is 3.02. The fraction of sp³-hybridized carbons (Fsp3) is 0.333. The molecule has 0 aliphatic heterocycles. The number of hydrogen-bond donors (Lipinski definition) is 0. The SMILES string of the molecule is Cc1cc(C)c(-c2cc(Cl)nc(C3CC3)n2)c(F)c1. The van der Waals surface area contributed by atoms with Gasteiger partial charge in [-0.3, -0.25) is 0 Å². The van der Waals surface area contributed by atoms with Crippen molar-refractivity contribution in [2.75, 3.05) is 0 Å². The third-order valence-corrected chi connectivity index (χ3v) is 3.54. The monoisotopic (exact) mass is 276 g/mol. The third kappa shape index (κ3) is 2.47. The van der Waals surface area contributed by atoms with Crippen LogP contribution in [0, 0.1) is 19.7 Å². The van der Waals surface area contributed by atoms with Crippen LogP contribution in [0.25, 0.3) is 11.3 Å². The summed E-state index contributed by atoms with van der Waals surface area (Å²) in [7, 11) is 0. The summed E-state index contributed by atoms with van der Waals surface area (Å²) >= 11 is 6.03. The van der Waals surface area contributed by atoms with E-state index in [1.165, 1.54) is 6.07 Å². The largest absolute Gasteiger partial charge is 0.232 e. The smallest absolute Gasteiger partial charge is 0.133 e. The molecule has 0 bridgehead atoms. The Morgan fingerprint density at radius 3 is 2.53 bits per heavy atom. The number of hydrogen-bond acceptors (Lipinski definition) is 2. The van der Waals surface area contributed by atoms with Crippen LogP contribution in [-0.4, -0.2) is 9.97 Å². The van der Waals surface area contributed by atoms with E-state index in [4.69, 9.17) is 11.6 Å². The Morgan fingerprint density at radius 1 is 1.16 bits per heavy atom. The molecule has 98 valence electrons. The van der Waals surface area contributed by atoms with Crippen molar-refractivity contribution in [2.45, 2.75) is 32.6 Å². The lowest BCUT2D eigenvalue weighted by molar-refractivity contribution is 0.628. The second kappa shape index (κ2) is 4.57. The minimum Gasteiger partial charge on any atom is -0.232 e. The van der Waals surface area contributed by atoms with Gasteiger partial charge in [0, 0.05) is 17.5 Å². The number of aromatic nitrogens is 2. The fourth-order valence-corrected chi connectivity index (χ4v) is 2.52. The van der Waals surface area contributed by atoms with Crippen molar-refractivity contribution in [1.82, 2.24) is 9.97 Å². The molecule has 0 spiro atoms. The molecule has 0 atom stereocenters. The molecule has 0 radical (unpaired) electrons. The lowest BCUT2D eigenvalue weighted by Crippen LogP contribution is -1.99. The van der Waals surface area contributed by atoms with Crippen molar-refractivity contribution >= 4 is 11.6 Å². The maximum absolute atomic E-state index is 14.2. The molecule has 0 unspecified atom stereocenters. The highest BCUT2D eigenvalue weighted by Gasteiger charge is 2.27. The molecule has 2 aromatic rings. The first-order valence-electron chi connectivity index (χ1n) is 6.36. The highest BCUT2D eigenvalue weighted by molar-refractivity contribution is 6.29. The van der Waals surface area contributed by atoms with Crippen LogP contribution in [0.3, 0.4) is 0 Å². The summed E-state index contributed by atoms with van der Waals surface area (Å²) in [5.74, 6) is 0.877. The zero-order valence-corrected chi connectivity index (χ0v) is 11.6. The summed E-state index contributed by atoms with van der Waals surface area (Å²) in [5, 5.41) is 0.381. The number of nitrogens with zero attached hydrogens (tertiary/aromatic N) is 2. The molecule has 1 saturated carbocycles. The van der Waals surface area contributed by atoms with E-state index >= 15 is 0 Å². The minimum atomic E-state index is -0.256. The van der Waals surface area contributed by atoms with Gasteiger partial charge in [-0.2, -0.15) is 0 Å². The van der Waals surface area contributed by atoms with Gasteiger partial charge >= 0.3 is 0 Å². The number of halogens is 2. The zero-order valence-electron chi connectivity index (χ0n) is 10.9. The van der Waals surface area contributed by atoms with E-state index in [1.54, 1.807) is 6.07 Å². The van der Waals surface area contributed by atoms with Gasteiger partial charge in [-0.25, -0.2) is 14.4 Å². The first-order chi connectivity index (χ1) is 9.04. The Balaban J connectivity index is 2.16. The number of benzene rings is 1. The van der Waals surface area contributed by atoms with Crippen LogP contribution in [-0.2, 0) is 0 Å². The maximum Gasteiger partial charge on any atom is 0.133 e. The number of rotatable bonds is 2. The van der Waals surface area contributed by atoms with Gasteiger partial charge in [-0.1, -0.05) is 17.7 Å². The second-order valence-corrected chi connectivity index (χ2v) is 5.53. The van der Waals surface area contributed by atoms with Crippen molar-refractivity contribution < 1.29 is 4.39 Å². The summed E-state index contributed by atoms with van der Waals surface area (Å²) in [6.07, 6.45) is 2.18. The average Bonchev–Trinajstić information content (AvgIpc) is 3.10. The second-order valence-electron chi connectivity index (χ2n) is 5.15. The van der Waals surface area contributed by atoms with Gasteiger partial charge in [-0.05, 0) is 43.9 Å². The molecular weight excluding hydrogens is 263 g/mol. The summed E-state index contributed by atoms with van der Waals surface area (Å²) < 4.78 is 14.2. The van der Waals surface area contributed by atoms with E-state index in [-0.39, 0.29) is 5.82 Å². The van der Waals surface area contributed by atoms with Crippen LogP contribution in [0.4, 0.5) is 4.39 Å². The molecule has 19 heavy (non-hydrogen) atoms. The highest BCUT2D eigenvalue weighted by Crippen LogP contribution is 2.39. The van der Waals surface area contributed by atoms with Crippen molar-refractivity contribution in [3.63, 3.8) is 0 Å². The van der Waals surface area contributed by atoms with Gasteiger partial charge in [0.05, 0.1) is 5.69 Å². The quantitative estimate of drug-likeness (QED) is 0.758. The molecule has 4 heteroatoms. The molecule has 0 amide bonds. The highest BCUT2D eigenvalue weighted by atomic mass is 35.5. The Hall–Kier alpha value is -1.48. The van der Waals surface area contributed by atoms with Crippen molar-refractivity contribution in [2.24, 2.45) is 0 Å². The van der Waals surface area contributed by atoms with E-state index in [1.807, 2.05) is 19.9 Å². The molecule has 1 fully saturated rings. The van der Waals surface area contributed by atoms with Crippen LogP contribution < -0.4 is 0 Å². The zero-order chi connectivity index (χ0) is 13.6. The predicted octanol–water partition coefficient (Wildman–Crippen LogP) is 4.43. The lowest BCUT2D eigenvalue weighted by Gasteiger charge is -2.10. The van der Waals surface area contributed by atoms with Gasteiger partial charge in [0.1, 0.15) is 16.8 Å². The molecule has 1 aromatic carbocycles. The van der Waals surface area contributed by atoms with E-state index in [0.29, 0.717) is 22.3 Å². The predicted molar refractivity (Wildman–Crippen MR) is 73.9 cm³/mol. The normalized spacial score (nSPS) is 14.7. The Morgan fingerprint density at radius 2 is 1.89 bits per heavy atom. The van der Waals surface area contributed by atoms with E-state index in [9.17, 15) is 4.39 Å². The first kappa shape index (κ1) is 12.5. The van der Waals surface area contributed by atoms with Gasteiger partial charge in [0.2, 0.25) is 0 Å². The summed E-state index contributed by atoms with van der Waals surface area (Å²) in [5.41, 5.74) is 2.88. The summed E-state index contributed by atoms with van der Waals surface area (Å²) in [4.78, 5) is 8.71. The van der Waals surface area contributed by atoms with Crippen LogP contribution in [0.2, 0.25) is 5.15 Å². The molecule has 1 aliphatic carbocycles. The van der Waals surface area contributed by atoms with Gasteiger partial charge < -0.3 is 0 Å². The molecule has 0 saturated heterocycles. The third-order valence-electron chi connectivity index (χ3n) is 3.34. The van der Waals surface area contributed by atoms with E-state index < -0.39 is 0 Å². The molecule has 1 aliphatic rings. The van der Waals surface area contributed by atoms with Crippen molar-refractivity contribution in [3.8, 4) is 11.3 Å². The Labute approximate surface area is 116 Å². The van der Waals surface area contributed by atoms with Crippen LogP contribution in [0.1, 0.15) is 35.7 Å². The summed E-state index contributed by atoms with van der Waals surface area (Å²) in [6, 6.07) is 5.11. The average molecular weight is 277 g/mol. The van der Waals surface area contributed by atoms with Gasteiger partial charge in [0.25, 0.3) is 0 Å². The van der Waals surface area contributed by atoms with Crippen molar-refractivity contribution in [1.29, 1.82) is 0 Å². The topological polar surface area (TPSA) is 25.8 Å². The van der Waals surface area contributed by atoms with Crippen LogP contribution in [0.5, 0.6) is 0 Å². The van der Waals surface area contributed by atoms with E-state index in [2.05, 4.69) is 9.97 Å². The molecule has 3 rings (SSSR count). The molecule has 2 nitrogen and oxygen atoms in total. The van der Waals surface area contributed by atoms with Gasteiger partial charge in [0.15, 0.2) is 0 Å². The Bertz CT molecular complexity index is 628. The van der Waals surface area contributed by atoms with Crippen LogP contribution in [0.15, 0.2) is 18.2 Å². The van der Waals surface area contributed by atoms with E-state index in [0.717, 1.165) is 29.8 Å². The lowest BCUT2D eigenvalue weighted by atomic mass is 10.0. The fourth-order valence-electron chi connectivity index (χ4n) is 2.33. The molecule has 0 N–H and O–H groups in total. The number of aryl methyl sites for hydroxylation is 2. The molecule has 1 aromatic heterocycles. The van der Waals surface area contributed by atoms with Crippen molar-refractivity contribution in [3.05, 3.63) is 46.1 Å². The minimum absolute atomic E-state index is 0.256. The molecular formula is C15H14ClFN2. The summed E-state index contributed by atoms with van der Waals surface area (Å²) in [6.45, 7) is 3.76.